The molecule has 0 aliphatic carbocycles. The molecule has 0 radical (unpaired) electrons. The molecule has 0 saturated heterocycles. The van der Waals surface area contributed by atoms with Gasteiger partial charge in [-0.15, -0.1) is 0 Å². The van der Waals surface area contributed by atoms with Crippen LogP contribution in [0.15, 0.2) is 42.6 Å². The molecule has 1 atom stereocenters. The lowest BCUT2D eigenvalue weighted by Gasteiger charge is -2.15. The molecule has 1 N–H and O–H groups in total. The molecule has 0 unspecified atom stereocenters. The second-order valence-corrected chi connectivity index (χ2v) is 3.77. The van der Waals surface area contributed by atoms with Crippen LogP contribution in [0.1, 0.15) is 17.4 Å². The molecule has 1 heterocycles. The predicted molar refractivity (Wildman–Crippen MR) is 67.8 cm³/mol. The number of pyridine rings is 1. The fraction of sp³-hybridized carbons (Fsp3) is 0.214. The fourth-order valence-corrected chi connectivity index (χ4v) is 1.75. The molecule has 0 aliphatic heterocycles. The van der Waals surface area contributed by atoms with E-state index in [1.54, 1.807) is 50.7 Å². The molecule has 1 aromatic heterocycles. The van der Waals surface area contributed by atoms with E-state index in [1.807, 2.05) is 6.07 Å². The van der Waals surface area contributed by atoms with Crippen LogP contribution in [0.4, 0.5) is 0 Å². The van der Waals surface area contributed by atoms with E-state index in [-0.39, 0.29) is 0 Å². The largest absolute Gasteiger partial charge is 0.497 e. The number of nitrogens with zero attached hydrogens (tertiary/aromatic N) is 1. The number of methoxy groups -OCH3 is 2. The van der Waals surface area contributed by atoms with Gasteiger partial charge in [-0.1, -0.05) is 6.07 Å². The van der Waals surface area contributed by atoms with E-state index in [0.717, 1.165) is 0 Å². The molecule has 4 nitrogen and oxygen atoms in total. The first-order valence-corrected chi connectivity index (χ1v) is 5.57. The van der Waals surface area contributed by atoms with Crippen LogP contribution < -0.4 is 9.47 Å². The van der Waals surface area contributed by atoms with Gasteiger partial charge < -0.3 is 14.6 Å². The van der Waals surface area contributed by atoms with Gasteiger partial charge in [0.25, 0.3) is 0 Å². The summed E-state index contributed by atoms with van der Waals surface area (Å²) in [7, 11) is 3.15. The highest BCUT2D eigenvalue weighted by Gasteiger charge is 2.17. The molecule has 0 aliphatic rings. The molecule has 2 rings (SSSR count). The Hall–Kier alpha value is -2.07. The summed E-state index contributed by atoms with van der Waals surface area (Å²) in [6.07, 6.45) is 0.807. The minimum atomic E-state index is -0.837. The van der Waals surface area contributed by atoms with E-state index in [0.29, 0.717) is 22.8 Å². The summed E-state index contributed by atoms with van der Waals surface area (Å²) in [5, 5.41) is 10.3. The van der Waals surface area contributed by atoms with Gasteiger partial charge in [0.15, 0.2) is 0 Å². The van der Waals surface area contributed by atoms with Crippen LogP contribution in [-0.2, 0) is 0 Å². The van der Waals surface area contributed by atoms with Gasteiger partial charge in [-0.05, 0) is 30.3 Å². The predicted octanol–water partition coefficient (Wildman–Crippen LogP) is 2.18. The lowest BCUT2D eigenvalue weighted by Crippen LogP contribution is -2.04. The molecule has 0 fully saturated rings. The summed E-state index contributed by atoms with van der Waals surface area (Å²) >= 11 is 0. The van der Waals surface area contributed by atoms with Crippen molar-refractivity contribution in [3.8, 4) is 11.5 Å². The van der Waals surface area contributed by atoms with Crippen molar-refractivity contribution in [2.45, 2.75) is 6.10 Å². The number of ether oxygens (including phenoxy) is 2. The standard InChI is InChI=1S/C14H15NO3/c1-17-10-6-7-13(18-2)11(9-10)14(16)12-5-3-4-8-15-12/h3-9,14,16H,1-2H3/t14-/m1/s1. The molecule has 4 heteroatoms. The maximum Gasteiger partial charge on any atom is 0.125 e. The summed E-state index contributed by atoms with van der Waals surface area (Å²) in [5.41, 5.74) is 1.21. The van der Waals surface area contributed by atoms with Gasteiger partial charge in [0.1, 0.15) is 17.6 Å². The van der Waals surface area contributed by atoms with E-state index in [1.165, 1.54) is 0 Å². The van der Waals surface area contributed by atoms with Gasteiger partial charge in [0.2, 0.25) is 0 Å². The molecule has 2 aromatic rings. The van der Waals surface area contributed by atoms with Gasteiger partial charge in [-0.25, -0.2) is 0 Å². The number of hydrogen-bond acceptors (Lipinski definition) is 4. The Morgan fingerprint density at radius 1 is 1.11 bits per heavy atom. The number of hydrogen-bond donors (Lipinski definition) is 1. The zero-order chi connectivity index (χ0) is 13.0. The summed E-state index contributed by atoms with van der Waals surface area (Å²) in [4.78, 5) is 4.14. The van der Waals surface area contributed by atoms with Crippen molar-refractivity contribution in [1.29, 1.82) is 0 Å². The molecule has 0 saturated carbocycles. The van der Waals surface area contributed by atoms with Gasteiger partial charge in [0, 0.05) is 11.8 Å². The molecule has 94 valence electrons. The summed E-state index contributed by atoms with van der Waals surface area (Å²) in [5.74, 6) is 1.27. The second kappa shape index (κ2) is 5.51. The number of aromatic nitrogens is 1. The van der Waals surface area contributed by atoms with Gasteiger partial charge >= 0.3 is 0 Å². The van der Waals surface area contributed by atoms with Crippen LogP contribution in [-0.4, -0.2) is 24.3 Å². The minimum Gasteiger partial charge on any atom is -0.497 e. The third-order valence-corrected chi connectivity index (χ3v) is 2.70. The summed E-state index contributed by atoms with van der Waals surface area (Å²) in [6, 6.07) is 10.7. The third-order valence-electron chi connectivity index (χ3n) is 2.70. The van der Waals surface area contributed by atoms with Crippen LogP contribution >= 0.6 is 0 Å². The molecular formula is C14H15NO3. The normalized spacial score (nSPS) is 11.9. The quantitative estimate of drug-likeness (QED) is 0.897. The Kier molecular flexibility index (Phi) is 3.79. The van der Waals surface area contributed by atoms with Crippen molar-refractivity contribution in [2.75, 3.05) is 14.2 Å². The van der Waals surface area contributed by atoms with Crippen molar-refractivity contribution in [1.82, 2.24) is 4.98 Å². The van der Waals surface area contributed by atoms with Crippen molar-refractivity contribution in [2.24, 2.45) is 0 Å². The summed E-state index contributed by atoms with van der Waals surface area (Å²) in [6.45, 7) is 0. The SMILES string of the molecule is COc1ccc(OC)c([C@@H](O)c2ccccn2)c1. The Bertz CT molecular complexity index is 514. The van der Waals surface area contributed by atoms with Crippen LogP contribution in [0.2, 0.25) is 0 Å². The monoisotopic (exact) mass is 245 g/mol. The first-order chi connectivity index (χ1) is 8.76. The average molecular weight is 245 g/mol. The van der Waals surface area contributed by atoms with Gasteiger partial charge in [-0.2, -0.15) is 0 Å². The van der Waals surface area contributed by atoms with E-state index >= 15 is 0 Å². The topological polar surface area (TPSA) is 51.6 Å². The first-order valence-electron chi connectivity index (χ1n) is 5.57. The van der Waals surface area contributed by atoms with E-state index in [2.05, 4.69) is 4.98 Å². The molecule has 0 spiro atoms. The van der Waals surface area contributed by atoms with Crippen LogP contribution in [0, 0.1) is 0 Å². The lowest BCUT2D eigenvalue weighted by atomic mass is 10.0. The van der Waals surface area contributed by atoms with Crippen molar-refractivity contribution in [3.63, 3.8) is 0 Å². The zero-order valence-corrected chi connectivity index (χ0v) is 10.3. The highest BCUT2D eigenvalue weighted by Crippen LogP contribution is 2.32. The van der Waals surface area contributed by atoms with E-state index < -0.39 is 6.10 Å². The minimum absolute atomic E-state index is 0.573. The Morgan fingerprint density at radius 3 is 2.56 bits per heavy atom. The van der Waals surface area contributed by atoms with E-state index in [4.69, 9.17) is 9.47 Å². The molecule has 18 heavy (non-hydrogen) atoms. The summed E-state index contributed by atoms with van der Waals surface area (Å²) < 4.78 is 10.4. The Balaban J connectivity index is 2.42. The average Bonchev–Trinajstić information content (AvgIpc) is 2.46. The highest BCUT2D eigenvalue weighted by atomic mass is 16.5. The highest BCUT2D eigenvalue weighted by molar-refractivity contribution is 5.44. The first kappa shape index (κ1) is 12.4. The van der Waals surface area contributed by atoms with Gasteiger partial charge in [0.05, 0.1) is 19.9 Å². The van der Waals surface area contributed by atoms with Crippen molar-refractivity contribution >= 4 is 0 Å². The molecular weight excluding hydrogens is 230 g/mol. The van der Waals surface area contributed by atoms with Gasteiger partial charge in [-0.3, -0.25) is 4.98 Å². The zero-order valence-electron chi connectivity index (χ0n) is 10.3. The van der Waals surface area contributed by atoms with Crippen molar-refractivity contribution in [3.05, 3.63) is 53.9 Å². The second-order valence-electron chi connectivity index (χ2n) is 3.77. The number of rotatable bonds is 4. The maximum atomic E-state index is 10.3. The van der Waals surface area contributed by atoms with Crippen LogP contribution in [0.25, 0.3) is 0 Å². The van der Waals surface area contributed by atoms with Crippen molar-refractivity contribution < 1.29 is 14.6 Å². The lowest BCUT2D eigenvalue weighted by molar-refractivity contribution is 0.209. The fourth-order valence-electron chi connectivity index (χ4n) is 1.75. The third kappa shape index (κ3) is 2.43. The smallest absolute Gasteiger partial charge is 0.125 e. The number of aliphatic hydroxyl groups is 1. The number of benzene rings is 1. The van der Waals surface area contributed by atoms with Crippen LogP contribution in [0.3, 0.4) is 0 Å². The Labute approximate surface area is 106 Å². The van der Waals surface area contributed by atoms with E-state index in [9.17, 15) is 5.11 Å². The molecule has 1 aromatic carbocycles. The number of aliphatic hydroxyl groups excluding tert-OH is 1. The Morgan fingerprint density at radius 2 is 1.94 bits per heavy atom. The molecule has 0 bridgehead atoms. The van der Waals surface area contributed by atoms with Crippen LogP contribution in [0.5, 0.6) is 11.5 Å². The molecule has 0 amide bonds. The maximum absolute atomic E-state index is 10.3.